The van der Waals surface area contributed by atoms with Crippen LogP contribution in [0.1, 0.15) is 15.9 Å². The van der Waals surface area contributed by atoms with Gasteiger partial charge in [0.1, 0.15) is 7.85 Å². The number of benzene rings is 2. The first-order chi connectivity index (χ1) is 8.66. The van der Waals surface area contributed by atoms with Gasteiger partial charge in [-0.15, -0.1) is 0 Å². The molecule has 0 heterocycles. The van der Waals surface area contributed by atoms with Crippen LogP contribution < -0.4 is 5.46 Å². The Morgan fingerprint density at radius 1 is 1.00 bits per heavy atom. The Morgan fingerprint density at radius 3 is 2.22 bits per heavy atom. The van der Waals surface area contributed by atoms with Gasteiger partial charge in [-0.05, 0) is 34.2 Å². The van der Waals surface area contributed by atoms with Crippen LogP contribution >= 0.6 is 22.6 Å². The molecule has 18 heavy (non-hydrogen) atoms. The maximum Gasteiger partial charge on any atom is 0.199 e. The van der Waals surface area contributed by atoms with Gasteiger partial charge in [-0.3, -0.25) is 4.79 Å². The van der Waals surface area contributed by atoms with Gasteiger partial charge in [0.05, 0.1) is 3.58 Å². The molecule has 0 bridgehead atoms. The van der Waals surface area contributed by atoms with E-state index >= 15 is 0 Å². The third-order valence-electron chi connectivity index (χ3n) is 2.62. The van der Waals surface area contributed by atoms with Crippen LogP contribution in [0.15, 0.2) is 58.2 Å². The molecule has 0 unspecified atom stereocenters. The predicted octanol–water partition coefficient (Wildman–Crippen LogP) is 2.60. The molecule has 0 N–H and O–H groups in total. The number of Topliss-reactive ketones (excluding diaryl/α,β-unsaturated/α-hetero) is 1. The third kappa shape index (κ3) is 3.32. The van der Waals surface area contributed by atoms with E-state index in [0.29, 0.717) is 0 Å². The van der Waals surface area contributed by atoms with E-state index in [1.54, 1.807) is 0 Å². The molecule has 0 aliphatic rings. The molecule has 3 heteroatoms. The quantitative estimate of drug-likeness (QED) is 0.362. The van der Waals surface area contributed by atoms with E-state index in [-0.39, 0.29) is 5.78 Å². The lowest BCUT2D eigenvalue weighted by molar-refractivity contribution is 0.104. The highest BCUT2D eigenvalue weighted by molar-refractivity contribution is 14.1. The number of carbonyl (C=O) groups excluding carboxylic acids is 1. The Balaban J connectivity index is 2.24. The van der Waals surface area contributed by atoms with Gasteiger partial charge in [-0.2, -0.15) is 0 Å². The van der Waals surface area contributed by atoms with Gasteiger partial charge < -0.3 is 0 Å². The van der Waals surface area contributed by atoms with Crippen LogP contribution in [0.25, 0.3) is 6.08 Å². The molecule has 0 saturated heterocycles. The van der Waals surface area contributed by atoms with Crippen LogP contribution in [0.3, 0.4) is 0 Å². The van der Waals surface area contributed by atoms with Crippen molar-refractivity contribution < 1.29 is 4.79 Å². The molecule has 88 valence electrons. The fourth-order valence-corrected chi connectivity index (χ4v) is 2.27. The second kappa shape index (κ2) is 6.00. The number of allylic oxidation sites excluding steroid dienone is 1. The normalized spacial score (nSPS) is 11.3. The summed E-state index contributed by atoms with van der Waals surface area (Å²) in [6, 6.07) is 17.5. The van der Waals surface area contributed by atoms with E-state index in [4.69, 9.17) is 0 Å². The standard InChI is InChI=1S/C15H12BIO/c16-13-8-6-12(7-9-13)15(18)14(17)10-11-4-2-1-3-5-11/h1-10H,16H2. The van der Waals surface area contributed by atoms with Crippen LogP contribution in [0.4, 0.5) is 0 Å². The number of hydrogen-bond donors (Lipinski definition) is 0. The molecule has 0 aliphatic carbocycles. The Bertz CT molecular complexity index is 573. The average molecular weight is 346 g/mol. The fourth-order valence-electron chi connectivity index (χ4n) is 1.60. The van der Waals surface area contributed by atoms with E-state index in [1.807, 2.05) is 68.5 Å². The summed E-state index contributed by atoms with van der Waals surface area (Å²) in [4.78, 5) is 12.2. The van der Waals surface area contributed by atoms with Crippen molar-refractivity contribution in [2.45, 2.75) is 0 Å². The SMILES string of the molecule is Bc1ccc(C(=O)C(I)=Cc2ccccc2)cc1. The molecule has 0 aromatic heterocycles. The number of halogens is 1. The van der Waals surface area contributed by atoms with Gasteiger partial charge in [-0.1, -0.05) is 60.1 Å². The molecule has 1 nitrogen and oxygen atoms in total. The lowest BCUT2D eigenvalue weighted by Crippen LogP contribution is -2.04. The van der Waals surface area contributed by atoms with Crippen molar-refractivity contribution >= 4 is 47.8 Å². The number of hydrogen-bond acceptors (Lipinski definition) is 1. The van der Waals surface area contributed by atoms with Crippen LogP contribution in [0, 0.1) is 0 Å². The van der Waals surface area contributed by atoms with Gasteiger partial charge in [0, 0.05) is 5.56 Å². The van der Waals surface area contributed by atoms with Crippen LogP contribution in [0.5, 0.6) is 0 Å². The smallest absolute Gasteiger partial charge is 0.199 e. The highest BCUT2D eigenvalue weighted by atomic mass is 127. The van der Waals surface area contributed by atoms with E-state index in [1.165, 1.54) is 0 Å². The van der Waals surface area contributed by atoms with Gasteiger partial charge in [0.15, 0.2) is 5.78 Å². The summed E-state index contributed by atoms with van der Waals surface area (Å²) in [5.41, 5.74) is 2.94. The van der Waals surface area contributed by atoms with E-state index in [9.17, 15) is 4.79 Å². The molecule has 0 aliphatic heterocycles. The average Bonchev–Trinajstić information content (AvgIpc) is 2.40. The van der Waals surface area contributed by atoms with E-state index in [2.05, 4.69) is 22.6 Å². The van der Waals surface area contributed by atoms with Gasteiger partial charge >= 0.3 is 0 Å². The fraction of sp³-hybridized carbons (Fsp3) is 0. The minimum absolute atomic E-state index is 0.0689. The molecule has 0 spiro atoms. The van der Waals surface area contributed by atoms with Crippen molar-refractivity contribution in [3.63, 3.8) is 0 Å². The molecule has 2 rings (SSSR count). The summed E-state index contributed by atoms with van der Waals surface area (Å²) in [5, 5.41) is 0. The number of rotatable bonds is 3. The monoisotopic (exact) mass is 346 g/mol. The van der Waals surface area contributed by atoms with Crippen molar-refractivity contribution in [2.75, 3.05) is 0 Å². The molecular weight excluding hydrogens is 334 g/mol. The van der Waals surface area contributed by atoms with Crippen molar-refractivity contribution in [1.29, 1.82) is 0 Å². The van der Waals surface area contributed by atoms with Crippen LogP contribution in [-0.2, 0) is 0 Å². The zero-order valence-electron chi connectivity index (χ0n) is 10.1. The summed E-state index contributed by atoms with van der Waals surface area (Å²) >= 11 is 2.09. The zero-order valence-corrected chi connectivity index (χ0v) is 12.2. The lowest BCUT2D eigenvalue weighted by Gasteiger charge is -2.01. The second-order valence-electron chi connectivity index (χ2n) is 4.10. The summed E-state index contributed by atoms with van der Waals surface area (Å²) < 4.78 is 0.725. The Hall–Kier alpha value is -1.36. The number of carbonyl (C=O) groups is 1. The number of ketones is 1. The van der Waals surface area contributed by atoms with E-state index < -0.39 is 0 Å². The summed E-state index contributed by atoms with van der Waals surface area (Å²) in [7, 11) is 2.01. The third-order valence-corrected chi connectivity index (χ3v) is 3.42. The summed E-state index contributed by atoms with van der Waals surface area (Å²) in [6.07, 6.45) is 1.91. The highest BCUT2D eigenvalue weighted by Gasteiger charge is 2.08. The van der Waals surface area contributed by atoms with Crippen LogP contribution in [0.2, 0.25) is 0 Å². The first-order valence-electron chi connectivity index (χ1n) is 5.70. The van der Waals surface area contributed by atoms with Crippen molar-refractivity contribution in [1.82, 2.24) is 0 Å². The van der Waals surface area contributed by atoms with Crippen molar-refractivity contribution in [3.05, 3.63) is 69.3 Å². The topological polar surface area (TPSA) is 17.1 Å². The van der Waals surface area contributed by atoms with Crippen molar-refractivity contribution in [2.24, 2.45) is 0 Å². The lowest BCUT2D eigenvalue weighted by atomic mass is 9.94. The molecule has 2 aromatic carbocycles. The first kappa shape index (κ1) is 13.1. The van der Waals surface area contributed by atoms with Crippen LogP contribution in [-0.4, -0.2) is 13.6 Å². The van der Waals surface area contributed by atoms with Crippen molar-refractivity contribution in [3.8, 4) is 0 Å². The van der Waals surface area contributed by atoms with Gasteiger partial charge in [-0.25, -0.2) is 0 Å². The molecule has 0 amide bonds. The van der Waals surface area contributed by atoms with Gasteiger partial charge in [0.2, 0.25) is 0 Å². The minimum Gasteiger partial charge on any atom is -0.288 e. The molecule has 0 fully saturated rings. The largest absolute Gasteiger partial charge is 0.288 e. The molecule has 2 aromatic rings. The molecule has 0 radical (unpaired) electrons. The maximum absolute atomic E-state index is 12.2. The Labute approximate surface area is 121 Å². The molecule has 0 saturated carbocycles. The van der Waals surface area contributed by atoms with E-state index in [0.717, 1.165) is 20.2 Å². The van der Waals surface area contributed by atoms with Gasteiger partial charge in [0.25, 0.3) is 0 Å². The summed E-state index contributed by atoms with van der Waals surface area (Å²) in [6.45, 7) is 0. The molecular formula is C15H12BIO. The summed E-state index contributed by atoms with van der Waals surface area (Å²) in [5.74, 6) is 0.0689. The molecule has 0 atom stereocenters. The minimum atomic E-state index is 0.0689. The highest BCUT2D eigenvalue weighted by Crippen LogP contribution is 2.18. The second-order valence-corrected chi connectivity index (χ2v) is 5.26. The maximum atomic E-state index is 12.2. The Morgan fingerprint density at radius 2 is 1.61 bits per heavy atom. The predicted molar refractivity (Wildman–Crippen MR) is 87.4 cm³/mol. The Kier molecular flexibility index (Phi) is 4.36. The first-order valence-corrected chi connectivity index (χ1v) is 6.78. The zero-order chi connectivity index (χ0) is 13.0.